The lowest BCUT2D eigenvalue weighted by atomic mass is 10.4. The van der Waals surface area contributed by atoms with Crippen molar-refractivity contribution in [3.05, 3.63) is 0 Å². The number of nitrogens with zero attached hydrogens (tertiary/aromatic N) is 4. The molecule has 1 unspecified atom stereocenters. The van der Waals surface area contributed by atoms with E-state index in [2.05, 4.69) is 44.3 Å². The van der Waals surface area contributed by atoms with Crippen LogP contribution in [0.2, 0.25) is 0 Å². The molecule has 1 heterocycles. The third kappa shape index (κ3) is 4.51. The van der Waals surface area contributed by atoms with Gasteiger partial charge in [0.25, 0.3) is 0 Å². The van der Waals surface area contributed by atoms with Crippen LogP contribution in [0.1, 0.15) is 20.8 Å². The number of ether oxygens (including phenoxy) is 1. The van der Waals surface area contributed by atoms with Crippen LogP contribution >= 0.6 is 0 Å². The Labute approximate surface area is 114 Å². The molecule has 1 rings (SSSR count). The van der Waals surface area contributed by atoms with Gasteiger partial charge in [-0.05, 0) is 20.8 Å². The van der Waals surface area contributed by atoms with Gasteiger partial charge < -0.3 is 20.3 Å². The second-order valence-corrected chi connectivity index (χ2v) is 4.13. The Morgan fingerprint density at radius 1 is 1.16 bits per heavy atom. The maximum atomic E-state index is 5.19. The summed E-state index contributed by atoms with van der Waals surface area (Å²) in [4.78, 5) is 15.1. The fourth-order valence-electron chi connectivity index (χ4n) is 1.52. The average molecular weight is 268 g/mol. The Bertz CT molecular complexity index is 382. The van der Waals surface area contributed by atoms with Crippen molar-refractivity contribution in [2.45, 2.75) is 26.9 Å². The number of anilines is 3. The van der Waals surface area contributed by atoms with Crippen molar-refractivity contribution in [1.29, 1.82) is 0 Å². The Hall–Kier alpha value is -1.63. The summed E-state index contributed by atoms with van der Waals surface area (Å²) in [5, 5.41) is 6.11. The first-order valence-corrected chi connectivity index (χ1v) is 6.60. The number of methoxy groups -OCH3 is 1. The maximum absolute atomic E-state index is 5.19. The molecule has 2 N–H and O–H groups in total. The van der Waals surface area contributed by atoms with E-state index in [9.17, 15) is 0 Å². The van der Waals surface area contributed by atoms with Gasteiger partial charge in [0.05, 0.1) is 6.10 Å². The summed E-state index contributed by atoms with van der Waals surface area (Å²) >= 11 is 0. The highest BCUT2D eigenvalue weighted by Gasteiger charge is 2.10. The minimum atomic E-state index is 0.103. The highest BCUT2D eigenvalue weighted by Crippen LogP contribution is 2.13. The predicted octanol–water partition coefficient (Wildman–Crippen LogP) is 1.21. The second-order valence-electron chi connectivity index (χ2n) is 4.13. The summed E-state index contributed by atoms with van der Waals surface area (Å²) in [6.07, 6.45) is 0.103. The zero-order chi connectivity index (χ0) is 14.3. The molecule has 1 aromatic rings. The van der Waals surface area contributed by atoms with Gasteiger partial charge in [-0.1, -0.05) is 0 Å². The molecule has 1 aromatic heterocycles. The first-order chi connectivity index (χ1) is 9.14. The summed E-state index contributed by atoms with van der Waals surface area (Å²) in [5.74, 6) is 1.80. The van der Waals surface area contributed by atoms with Crippen LogP contribution in [-0.2, 0) is 4.74 Å². The van der Waals surface area contributed by atoms with E-state index in [1.165, 1.54) is 0 Å². The largest absolute Gasteiger partial charge is 0.380 e. The molecule has 0 aliphatic rings. The summed E-state index contributed by atoms with van der Waals surface area (Å²) in [7, 11) is 3.48. The molecule has 19 heavy (non-hydrogen) atoms. The van der Waals surface area contributed by atoms with E-state index in [4.69, 9.17) is 4.74 Å². The maximum Gasteiger partial charge on any atom is 0.231 e. The van der Waals surface area contributed by atoms with Crippen LogP contribution in [0.5, 0.6) is 0 Å². The molecule has 0 aliphatic carbocycles. The third-order valence-corrected chi connectivity index (χ3v) is 2.84. The van der Waals surface area contributed by atoms with Crippen LogP contribution in [0.25, 0.3) is 0 Å². The molecule has 0 bridgehead atoms. The second kappa shape index (κ2) is 7.73. The summed E-state index contributed by atoms with van der Waals surface area (Å²) in [5.41, 5.74) is 0. The first-order valence-electron chi connectivity index (χ1n) is 6.60. The molecular weight excluding hydrogens is 244 g/mol. The Kier molecular flexibility index (Phi) is 6.27. The van der Waals surface area contributed by atoms with E-state index in [0.29, 0.717) is 24.4 Å². The van der Waals surface area contributed by atoms with Gasteiger partial charge in [0.1, 0.15) is 0 Å². The molecule has 0 radical (unpaired) electrons. The van der Waals surface area contributed by atoms with Crippen LogP contribution in [0, 0.1) is 0 Å². The van der Waals surface area contributed by atoms with Crippen molar-refractivity contribution in [3.8, 4) is 0 Å². The van der Waals surface area contributed by atoms with Crippen LogP contribution in [0.4, 0.5) is 17.8 Å². The Morgan fingerprint density at radius 3 is 2.32 bits per heavy atom. The van der Waals surface area contributed by atoms with Gasteiger partial charge in [-0.3, -0.25) is 0 Å². The fraction of sp³-hybridized carbons (Fsp3) is 0.750. The van der Waals surface area contributed by atoms with Crippen molar-refractivity contribution in [3.63, 3.8) is 0 Å². The predicted molar refractivity (Wildman–Crippen MR) is 77.9 cm³/mol. The molecule has 0 spiro atoms. The minimum Gasteiger partial charge on any atom is -0.380 e. The van der Waals surface area contributed by atoms with Crippen molar-refractivity contribution in [2.75, 3.05) is 49.3 Å². The van der Waals surface area contributed by atoms with E-state index >= 15 is 0 Å². The van der Waals surface area contributed by atoms with Gasteiger partial charge in [-0.2, -0.15) is 15.0 Å². The summed E-state index contributed by atoms with van der Waals surface area (Å²) in [6, 6.07) is 0. The zero-order valence-corrected chi connectivity index (χ0v) is 12.4. The van der Waals surface area contributed by atoms with Crippen molar-refractivity contribution < 1.29 is 4.74 Å². The SMILES string of the molecule is CCN(CC)c1nc(NC)nc(NCC(C)OC)n1. The number of aromatic nitrogens is 3. The van der Waals surface area contributed by atoms with Crippen LogP contribution < -0.4 is 15.5 Å². The van der Waals surface area contributed by atoms with Gasteiger partial charge in [0.15, 0.2) is 0 Å². The van der Waals surface area contributed by atoms with E-state index in [-0.39, 0.29) is 6.10 Å². The molecule has 7 nitrogen and oxygen atoms in total. The van der Waals surface area contributed by atoms with Crippen molar-refractivity contribution >= 4 is 17.8 Å². The van der Waals surface area contributed by atoms with Gasteiger partial charge in [0.2, 0.25) is 17.8 Å². The van der Waals surface area contributed by atoms with Gasteiger partial charge in [0, 0.05) is 33.8 Å². The first kappa shape index (κ1) is 15.4. The molecule has 108 valence electrons. The Balaban J connectivity index is 2.88. The number of hydrogen-bond acceptors (Lipinski definition) is 7. The van der Waals surface area contributed by atoms with E-state index in [1.807, 2.05) is 6.92 Å². The molecule has 1 atom stereocenters. The molecule has 0 saturated heterocycles. The third-order valence-electron chi connectivity index (χ3n) is 2.84. The molecular formula is C12H24N6O. The molecule has 7 heteroatoms. The summed E-state index contributed by atoms with van der Waals surface area (Å²) < 4.78 is 5.19. The Morgan fingerprint density at radius 2 is 1.79 bits per heavy atom. The van der Waals surface area contributed by atoms with Crippen molar-refractivity contribution in [1.82, 2.24) is 15.0 Å². The quantitative estimate of drug-likeness (QED) is 0.734. The highest BCUT2D eigenvalue weighted by molar-refractivity contribution is 5.43. The van der Waals surface area contributed by atoms with Gasteiger partial charge in [-0.25, -0.2) is 0 Å². The van der Waals surface area contributed by atoms with Gasteiger partial charge >= 0.3 is 0 Å². The lowest BCUT2D eigenvalue weighted by molar-refractivity contribution is 0.128. The fourth-order valence-corrected chi connectivity index (χ4v) is 1.52. The number of hydrogen-bond donors (Lipinski definition) is 2. The molecule has 0 amide bonds. The van der Waals surface area contributed by atoms with Crippen LogP contribution in [0.3, 0.4) is 0 Å². The minimum absolute atomic E-state index is 0.103. The van der Waals surface area contributed by atoms with E-state index < -0.39 is 0 Å². The van der Waals surface area contributed by atoms with Crippen LogP contribution in [0.15, 0.2) is 0 Å². The van der Waals surface area contributed by atoms with Crippen molar-refractivity contribution in [2.24, 2.45) is 0 Å². The molecule has 0 aromatic carbocycles. The van der Waals surface area contributed by atoms with Crippen LogP contribution in [-0.4, -0.2) is 54.8 Å². The van der Waals surface area contributed by atoms with E-state index in [1.54, 1.807) is 14.2 Å². The zero-order valence-electron chi connectivity index (χ0n) is 12.4. The van der Waals surface area contributed by atoms with Gasteiger partial charge in [-0.15, -0.1) is 0 Å². The topological polar surface area (TPSA) is 75.2 Å². The van der Waals surface area contributed by atoms with E-state index in [0.717, 1.165) is 13.1 Å². The number of nitrogens with one attached hydrogen (secondary N) is 2. The monoisotopic (exact) mass is 268 g/mol. The normalized spacial score (nSPS) is 12.1. The standard InChI is InChI=1S/C12H24N6O/c1-6-18(7-2)12-16-10(13-4)15-11(17-12)14-8-9(3)19-5/h9H,6-8H2,1-5H3,(H2,13,14,15,16,17). The lowest BCUT2D eigenvalue weighted by Gasteiger charge is -2.19. The molecule has 0 aliphatic heterocycles. The lowest BCUT2D eigenvalue weighted by Crippen LogP contribution is -2.26. The average Bonchev–Trinajstić information content (AvgIpc) is 2.45. The number of rotatable bonds is 8. The smallest absolute Gasteiger partial charge is 0.231 e. The summed E-state index contributed by atoms with van der Waals surface area (Å²) in [6.45, 7) is 8.51. The molecule has 0 saturated carbocycles. The molecule has 0 fully saturated rings. The highest BCUT2D eigenvalue weighted by atomic mass is 16.5.